The van der Waals surface area contributed by atoms with Crippen molar-refractivity contribution in [2.75, 3.05) is 11.9 Å². The van der Waals surface area contributed by atoms with E-state index in [9.17, 15) is 5.11 Å². The number of pyridine rings is 1. The van der Waals surface area contributed by atoms with Crippen LogP contribution in [0.1, 0.15) is 27.2 Å². The minimum Gasteiger partial charge on any atom is -0.391 e. The van der Waals surface area contributed by atoms with Crippen LogP contribution in [0.25, 0.3) is 0 Å². The maximum atomic E-state index is 9.83. The van der Waals surface area contributed by atoms with Crippen LogP contribution in [0.15, 0.2) is 12.3 Å². The summed E-state index contributed by atoms with van der Waals surface area (Å²) in [6.07, 6.45) is 1.81. The van der Waals surface area contributed by atoms with E-state index in [2.05, 4.69) is 31.1 Å². The summed E-state index contributed by atoms with van der Waals surface area (Å²) in [5, 5.41) is 13.8. The van der Waals surface area contributed by atoms with Gasteiger partial charge in [-0.15, -0.1) is 0 Å². The zero-order valence-electron chi connectivity index (χ0n) is 10.3. The highest BCUT2D eigenvalue weighted by Gasteiger charge is 2.16. The lowest BCUT2D eigenvalue weighted by molar-refractivity contribution is 0.132. The summed E-state index contributed by atoms with van der Waals surface area (Å²) in [5.74, 6) is 0.545. The van der Waals surface area contributed by atoms with Crippen LogP contribution in [0.2, 0.25) is 10.0 Å². The van der Waals surface area contributed by atoms with Gasteiger partial charge in [0.05, 0.1) is 16.1 Å². The van der Waals surface area contributed by atoms with Crippen LogP contribution < -0.4 is 5.32 Å². The molecule has 5 heteroatoms. The van der Waals surface area contributed by atoms with Gasteiger partial charge >= 0.3 is 0 Å². The average molecular weight is 277 g/mol. The fourth-order valence-electron chi connectivity index (χ4n) is 1.54. The molecule has 0 aliphatic carbocycles. The molecule has 1 atom stereocenters. The highest BCUT2D eigenvalue weighted by Crippen LogP contribution is 2.24. The molecule has 0 saturated heterocycles. The van der Waals surface area contributed by atoms with Crippen LogP contribution in [0.3, 0.4) is 0 Å². The van der Waals surface area contributed by atoms with E-state index in [1.54, 1.807) is 6.07 Å². The minimum absolute atomic E-state index is 0.0956. The van der Waals surface area contributed by atoms with Gasteiger partial charge in [0, 0.05) is 12.7 Å². The van der Waals surface area contributed by atoms with E-state index in [-0.39, 0.29) is 5.41 Å². The Morgan fingerprint density at radius 1 is 1.41 bits per heavy atom. The molecule has 0 spiro atoms. The van der Waals surface area contributed by atoms with E-state index in [1.807, 2.05) is 0 Å². The molecule has 0 aliphatic heterocycles. The van der Waals surface area contributed by atoms with Crippen molar-refractivity contribution in [1.82, 2.24) is 4.98 Å². The molecule has 0 fully saturated rings. The van der Waals surface area contributed by atoms with E-state index in [1.165, 1.54) is 6.20 Å². The van der Waals surface area contributed by atoms with E-state index in [0.29, 0.717) is 28.8 Å². The molecule has 17 heavy (non-hydrogen) atoms. The van der Waals surface area contributed by atoms with Gasteiger partial charge in [-0.1, -0.05) is 44.0 Å². The predicted octanol–water partition coefficient (Wildman–Crippen LogP) is 3.60. The van der Waals surface area contributed by atoms with Crippen molar-refractivity contribution in [1.29, 1.82) is 0 Å². The SMILES string of the molecule is CC(C)(C)CC(O)CNc1ncc(Cl)cc1Cl. The van der Waals surface area contributed by atoms with Gasteiger partial charge in [0.25, 0.3) is 0 Å². The van der Waals surface area contributed by atoms with Gasteiger partial charge in [-0.2, -0.15) is 0 Å². The maximum absolute atomic E-state index is 9.83. The van der Waals surface area contributed by atoms with E-state index < -0.39 is 6.10 Å². The van der Waals surface area contributed by atoms with E-state index in [0.717, 1.165) is 0 Å². The smallest absolute Gasteiger partial charge is 0.144 e. The highest BCUT2D eigenvalue weighted by molar-refractivity contribution is 6.35. The van der Waals surface area contributed by atoms with Crippen molar-refractivity contribution in [3.63, 3.8) is 0 Å². The van der Waals surface area contributed by atoms with Crippen molar-refractivity contribution in [2.24, 2.45) is 5.41 Å². The summed E-state index contributed by atoms with van der Waals surface area (Å²) in [7, 11) is 0. The van der Waals surface area contributed by atoms with Crippen LogP contribution in [0.5, 0.6) is 0 Å². The highest BCUT2D eigenvalue weighted by atomic mass is 35.5. The molecule has 0 aliphatic rings. The molecule has 1 rings (SSSR count). The first-order valence-corrected chi connectivity index (χ1v) is 6.26. The Bertz CT molecular complexity index is 377. The molecule has 2 N–H and O–H groups in total. The van der Waals surface area contributed by atoms with Crippen LogP contribution in [0.4, 0.5) is 5.82 Å². The van der Waals surface area contributed by atoms with Crippen molar-refractivity contribution in [3.05, 3.63) is 22.3 Å². The molecule has 1 aromatic heterocycles. The summed E-state index contributed by atoms with van der Waals surface area (Å²) in [5.41, 5.74) is 0.0956. The van der Waals surface area contributed by atoms with Gasteiger partial charge in [-0.25, -0.2) is 4.98 Å². The number of hydrogen-bond acceptors (Lipinski definition) is 3. The van der Waals surface area contributed by atoms with E-state index in [4.69, 9.17) is 23.2 Å². The minimum atomic E-state index is -0.427. The fraction of sp³-hybridized carbons (Fsp3) is 0.583. The Balaban J connectivity index is 2.50. The maximum Gasteiger partial charge on any atom is 0.144 e. The first kappa shape index (κ1) is 14.6. The second-order valence-corrected chi connectivity index (χ2v) is 6.13. The first-order valence-electron chi connectivity index (χ1n) is 5.51. The molecule has 0 bridgehead atoms. The molecule has 0 aromatic carbocycles. The zero-order valence-corrected chi connectivity index (χ0v) is 11.8. The van der Waals surface area contributed by atoms with Crippen LogP contribution >= 0.6 is 23.2 Å². The number of anilines is 1. The lowest BCUT2D eigenvalue weighted by Gasteiger charge is -2.22. The quantitative estimate of drug-likeness (QED) is 0.883. The summed E-state index contributed by atoms with van der Waals surface area (Å²) < 4.78 is 0. The molecule has 1 heterocycles. The molecule has 1 aromatic rings. The molecule has 0 radical (unpaired) electrons. The Morgan fingerprint density at radius 3 is 2.59 bits per heavy atom. The Hall–Kier alpha value is -0.510. The van der Waals surface area contributed by atoms with Gasteiger partial charge in [0.1, 0.15) is 5.82 Å². The number of rotatable bonds is 4. The molecular weight excluding hydrogens is 259 g/mol. The van der Waals surface area contributed by atoms with Crippen LogP contribution in [0, 0.1) is 5.41 Å². The van der Waals surface area contributed by atoms with Gasteiger partial charge in [-0.3, -0.25) is 0 Å². The van der Waals surface area contributed by atoms with Crippen molar-refractivity contribution >= 4 is 29.0 Å². The van der Waals surface area contributed by atoms with E-state index >= 15 is 0 Å². The fourth-order valence-corrected chi connectivity index (χ4v) is 1.99. The Kier molecular flexibility index (Phi) is 5.04. The predicted molar refractivity (Wildman–Crippen MR) is 72.8 cm³/mol. The lowest BCUT2D eigenvalue weighted by Crippen LogP contribution is -2.25. The van der Waals surface area contributed by atoms with Crippen molar-refractivity contribution in [2.45, 2.75) is 33.3 Å². The van der Waals surface area contributed by atoms with Gasteiger partial charge in [-0.05, 0) is 17.9 Å². The van der Waals surface area contributed by atoms with Crippen LogP contribution in [-0.4, -0.2) is 22.7 Å². The summed E-state index contributed by atoms with van der Waals surface area (Å²) >= 11 is 11.7. The number of nitrogens with zero attached hydrogens (tertiary/aromatic N) is 1. The molecular formula is C12H18Cl2N2O. The second-order valence-electron chi connectivity index (χ2n) is 5.28. The zero-order chi connectivity index (χ0) is 13.1. The van der Waals surface area contributed by atoms with Crippen molar-refractivity contribution < 1.29 is 5.11 Å². The second kappa shape index (κ2) is 5.89. The summed E-state index contributed by atoms with van der Waals surface area (Å²) in [4.78, 5) is 4.06. The molecule has 3 nitrogen and oxygen atoms in total. The first-order chi connectivity index (χ1) is 7.78. The topological polar surface area (TPSA) is 45.1 Å². The number of aliphatic hydroxyl groups excluding tert-OH is 1. The third-order valence-corrected chi connectivity index (χ3v) is 2.66. The summed E-state index contributed by atoms with van der Waals surface area (Å²) in [6.45, 7) is 6.68. The molecule has 1 unspecified atom stereocenters. The number of hydrogen-bond donors (Lipinski definition) is 2. The van der Waals surface area contributed by atoms with Crippen LogP contribution in [-0.2, 0) is 0 Å². The molecule has 96 valence electrons. The summed E-state index contributed by atoms with van der Waals surface area (Å²) in [6, 6.07) is 1.62. The third kappa shape index (κ3) is 5.57. The Morgan fingerprint density at radius 2 is 2.06 bits per heavy atom. The van der Waals surface area contributed by atoms with Crippen molar-refractivity contribution in [3.8, 4) is 0 Å². The van der Waals surface area contributed by atoms with Gasteiger partial charge in [0.2, 0.25) is 0 Å². The molecule has 0 saturated carbocycles. The number of aromatic nitrogens is 1. The number of halogens is 2. The Labute approximate surface area is 112 Å². The number of nitrogens with one attached hydrogen (secondary N) is 1. The number of aliphatic hydroxyl groups is 1. The monoisotopic (exact) mass is 276 g/mol. The largest absolute Gasteiger partial charge is 0.391 e. The standard InChI is InChI=1S/C12H18Cl2N2O/c1-12(2,3)5-9(17)7-16-11-10(14)4-8(13)6-15-11/h4,6,9,17H,5,7H2,1-3H3,(H,15,16). The lowest BCUT2D eigenvalue weighted by atomic mass is 9.89. The van der Waals surface area contributed by atoms with Gasteiger partial charge in [0.15, 0.2) is 0 Å². The average Bonchev–Trinajstić information content (AvgIpc) is 2.13. The third-order valence-electron chi connectivity index (χ3n) is 2.16. The molecule has 0 amide bonds. The van der Waals surface area contributed by atoms with Gasteiger partial charge < -0.3 is 10.4 Å². The normalized spacial score (nSPS) is 13.5.